The molecule has 2 atom stereocenters. The molecule has 8 nitrogen and oxygen atoms in total. The average molecular weight is 540 g/mol. The maximum absolute atomic E-state index is 13.2. The van der Waals surface area contributed by atoms with Crippen molar-refractivity contribution in [2.75, 3.05) is 6.54 Å². The molecule has 0 bridgehead atoms. The topological polar surface area (TPSA) is 125 Å². The largest absolute Gasteiger partial charge is 0.340 e. The normalized spacial score (nSPS) is 13.3. The van der Waals surface area contributed by atoms with Gasteiger partial charge in [-0.05, 0) is 67.1 Å². The second-order valence-electron chi connectivity index (χ2n) is 8.86. The molecule has 0 aliphatic carbocycles. The van der Waals surface area contributed by atoms with E-state index in [2.05, 4.69) is 22.3 Å². The second kappa shape index (κ2) is 14.3. The maximum Gasteiger partial charge on any atom is 0.251 e. The number of carbonyl (C=O) groups excluding carboxylic acids is 2. The number of nitrogens with one attached hydrogen (secondary N) is 3. The lowest BCUT2D eigenvalue weighted by Gasteiger charge is -2.23. The van der Waals surface area contributed by atoms with Gasteiger partial charge in [-0.2, -0.15) is 0 Å². The minimum Gasteiger partial charge on any atom is -0.340 e. The van der Waals surface area contributed by atoms with Gasteiger partial charge in [-0.3, -0.25) is 9.59 Å². The first kappa shape index (κ1) is 29.8. The predicted octanol–water partition coefficient (Wildman–Crippen LogP) is 3.94. The van der Waals surface area contributed by atoms with E-state index in [9.17, 15) is 27.0 Å². The van der Waals surface area contributed by atoms with Gasteiger partial charge in [0, 0.05) is 24.2 Å². The summed E-state index contributed by atoms with van der Waals surface area (Å²) in [7, 11) is -4.08. The van der Waals surface area contributed by atoms with E-state index in [0.717, 1.165) is 49.1 Å². The van der Waals surface area contributed by atoms with Crippen LogP contribution in [0.4, 0.5) is 4.39 Å². The average Bonchev–Trinajstić information content (AvgIpc) is 2.84. The number of rotatable bonds is 14. The van der Waals surface area contributed by atoms with Crippen LogP contribution in [0.1, 0.15) is 56.0 Å². The number of sulfonamides is 1. The lowest BCUT2D eigenvalue weighted by Crippen LogP contribution is -2.54. The van der Waals surface area contributed by atoms with Gasteiger partial charge in [0.05, 0.1) is 4.90 Å². The van der Waals surface area contributed by atoms with Crippen molar-refractivity contribution in [2.45, 2.75) is 62.8 Å². The van der Waals surface area contributed by atoms with Crippen molar-refractivity contribution in [3.63, 3.8) is 0 Å². The lowest BCUT2D eigenvalue weighted by atomic mass is 10.1. The van der Waals surface area contributed by atoms with E-state index in [4.69, 9.17) is 0 Å². The molecule has 0 saturated heterocycles. The molecule has 36 heavy (non-hydrogen) atoms. The van der Waals surface area contributed by atoms with E-state index in [-0.39, 0.29) is 10.8 Å². The molecule has 4 N–H and O–H groups in total. The highest BCUT2D eigenvalue weighted by atomic mass is 32.2. The van der Waals surface area contributed by atoms with Crippen molar-refractivity contribution >= 4 is 33.9 Å². The zero-order chi connectivity index (χ0) is 26.7. The maximum atomic E-state index is 13.2. The van der Waals surface area contributed by atoms with Gasteiger partial charge in [-0.1, -0.05) is 39.3 Å². The van der Waals surface area contributed by atoms with Gasteiger partial charge in [0.1, 0.15) is 17.2 Å². The summed E-state index contributed by atoms with van der Waals surface area (Å²) in [6, 6.07) is 9.97. The Hall–Kier alpha value is -2.47. The summed E-state index contributed by atoms with van der Waals surface area (Å²) >= 11 is 0.470. The van der Waals surface area contributed by atoms with Crippen molar-refractivity contribution in [3.05, 3.63) is 65.5 Å². The number of hydrogen-bond acceptors (Lipinski definition) is 6. The quantitative estimate of drug-likeness (QED) is 0.213. The molecule has 198 valence electrons. The van der Waals surface area contributed by atoms with Crippen molar-refractivity contribution in [1.29, 1.82) is 0 Å². The van der Waals surface area contributed by atoms with Gasteiger partial charge in [0.15, 0.2) is 0 Å². The van der Waals surface area contributed by atoms with Crippen LogP contribution in [0, 0.1) is 11.7 Å². The van der Waals surface area contributed by atoms with Crippen molar-refractivity contribution < 1.29 is 27.0 Å². The Bertz CT molecular complexity index is 1090. The van der Waals surface area contributed by atoms with E-state index < -0.39 is 45.6 Å². The smallest absolute Gasteiger partial charge is 0.251 e. The number of benzene rings is 2. The molecule has 2 amide bonds. The van der Waals surface area contributed by atoms with Crippen molar-refractivity contribution in [3.8, 4) is 0 Å². The van der Waals surface area contributed by atoms with E-state index in [0.29, 0.717) is 24.0 Å². The third kappa shape index (κ3) is 9.53. The Kier molecular flexibility index (Phi) is 11.8. The van der Waals surface area contributed by atoms with Crippen LogP contribution in [0.25, 0.3) is 0 Å². The first-order valence-corrected chi connectivity index (χ1v) is 14.1. The van der Waals surface area contributed by atoms with Crippen LogP contribution in [0.3, 0.4) is 0 Å². The molecule has 0 aliphatic heterocycles. The van der Waals surface area contributed by atoms with Gasteiger partial charge in [-0.25, -0.2) is 17.5 Å². The molecule has 11 heteroatoms. The van der Waals surface area contributed by atoms with Crippen LogP contribution in [0.15, 0.2) is 53.4 Å². The summed E-state index contributed by atoms with van der Waals surface area (Å²) in [4.78, 5) is 25.7. The molecular formula is C25H34FN3O5S2. The minimum absolute atomic E-state index is 0.172. The van der Waals surface area contributed by atoms with Crippen LogP contribution in [-0.4, -0.2) is 42.7 Å². The summed E-state index contributed by atoms with van der Waals surface area (Å²) in [5, 5.41) is 4.59. The number of unbranched alkanes of at least 4 members (excludes halogenated alkanes) is 1. The van der Waals surface area contributed by atoms with Crippen molar-refractivity contribution in [1.82, 2.24) is 15.4 Å². The molecule has 0 saturated carbocycles. The SMILES string of the molecule is CCCCc1ccc(C(=O)N[C@@H](CNS(=O)(=O)c2ccc(F)cc2)C(=O)NC(CC(C)C)SO)cc1. The minimum atomic E-state index is -4.08. The molecule has 1 unspecified atom stereocenters. The van der Waals surface area contributed by atoms with Crippen LogP contribution in [-0.2, 0) is 21.2 Å². The molecular weight excluding hydrogens is 505 g/mol. The Balaban J connectivity index is 2.18. The molecule has 2 aromatic carbocycles. The zero-order valence-corrected chi connectivity index (χ0v) is 22.3. The Morgan fingerprint density at radius 1 is 1.03 bits per heavy atom. The fraction of sp³-hybridized carbons (Fsp3) is 0.440. The number of halogens is 1. The fourth-order valence-corrected chi connectivity index (χ4v) is 5.05. The number of carbonyl (C=O) groups is 2. The molecule has 0 radical (unpaired) electrons. The molecule has 0 aromatic heterocycles. The Morgan fingerprint density at radius 2 is 1.67 bits per heavy atom. The van der Waals surface area contributed by atoms with Gasteiger partial charge >= 0.3 is 0 Å². The summed E-state index contributed by atoms with van der Waals surface area (Å²) in [5.74, 6) is -1.62. The standard InChI is InChI=1S/C25H34FN3O5S2/c1-4-5-6-18-7-9-19(10-8-18)24(30)28-22(25(31)29-23(35-32)15-17(2)3)16-27-36(33,34)21-13-11-20(26)12-14-21/h7-14,17,22-23,27,32H,4-6,15-16H2,1-3H3,(H,28,30)(H,29,31)/t22-,23?/m0/s1. The number of hydrogen-bond donors (Lipinski definition) is 4. The zero-order valence-electron chi connectivity index (χ0n) is 20.7. The predicted molar refractivity (Wildman–Crippen MR) is 140 cm³/mol. The fourth-order valence-electron chi connectivity index (χ4n) is 3.36. The van der Waals surface area contributed by atoms with Crippen molar-refractivity contribution in [2.24, 2.45) is 5.92 Å². The van der Waals surface area contributed by atoms with Crippen LogP contribution < -0.4 is 15.4 Å². The summed E-state index contributed by atoms with van der Waals surface area (Å²) in [5.41, 5.74) is 1.41. The van der Waals surface area contributed by atoms with E-state index in [1.54, 1.807) is 12.1 Å². The first-order valence-electron chi connectivity index (χ1n) is 11.8. The van der Waals surface area contributed by atoms with Gasteiger partial charge in [-0.15, -0.1) is 0 Å². The third-order valence-electron chi connectivity index (χ3n) is 5.37. The molecule has 0 spiro atoms. The summed E-state index contributed by atoms with van der Waals surface area (Å²) in [6.45, 7) is 5.50. The monoisotopic (exact) mass is 539 g/mol. The summed E-state index contributed by atoms with van der Waals surface area (Å²) < 4.78 is 50.4. The molecule has 0 heterocycles. The molecule has 2 aromatic rings. The number of amides is 2. The second-order valence-corrected chi connectivity index (χ2v) is 11.4. The molecule has 2 rings (SSSR count). The molecule has 0 fully saturated rings. The third-order valence-corrected chi connectivity index (χ3v) is 7.38. The summed E-state index contributed by atoms with van der Waals surface area (Å²) in [6.07, 6.45) is 3.44. The molecule has 0 aliphatic rings. The van der Waals surface area contributed by atoms with E-state index >= 15 is 0 Å². The van der Waals surface area contributed by atoms with Gasteiger partial charge < -0.3 is 15.2 Å². The van der Waals surface area contributed by atoms with Gasteiger partial charge in [0.2, 0.25) is 15.9 Å². The van der Waals surface area contributed by atoms with E-state index in [1.165, 1.54) is 0 Å². The van der Waals surface area contributed by atoms with Crippen LogP contribution in [0.2, 0.25) is 0 Å². The first-order chi connectivity index (χ1) is 17.1. The lowest BCUT2D eigenvalue weighted by molar-refractivity contribution is -0.123. The Morgan fingerprint density at radius 3 is 2.22 bits per heavy atom. The highest BCUT2D eigenvalue weighted by Crippen LogP contribution is 2.15. The van der Waals surface area contributed by atoms with Crippen LogP contribution in [0.5, 0.6) is 0 Å². The van der Waals surface area contributed by atoms with Gasteiger partial charge in [0.25, 0.3) is 5.91 Å². The highest BCUT2D eigenvalue weighted by molar-refractivity contribution is 7.94. The number of aryl methyl sites for hydroxylation is 1. The van der Waals surface area contributed by atoms with Crippen LogP contribution >= 0.6 is 12.0 Å². The van der Waals surface area contributed by atoms with E-state index in [1.807, 2.05) is 26.0 Å². The highest BCUT2D eigenvalue weighted by Gasteiger charge is 2.27. The Labute approximate surface area is 216 Å².